The first-order valence-corrected chi connectivity index (χ1v) is 9.32. The Balaban J connectivity index is 1.55. The molecule has 1 saturated heterocycles. The molecule has 0 aromatic heterocycles. The summed E-state index contributed by atoms with van der Waals surface area (Å²) in [7, 11) is 0. The van der Waals surface area contributed by atoms with E-state index < -0.39 is 5.92 Å². The number of hydrogen-bond donors (Lipinski definition) is 1. The summed E-state index contributed by atoms with van der Waals surface area (Å²) in [5.74, 6) is -0.774. The lowest BCUT2D eigenvalue weighted by molar-refractivity contribution is -0.122. The van der Waals surface area contributed by atoms with Gasteiger partial charge in [0, 0.05) is 29.1 Å². The van der Waals surface area contributed by atoms with Crippen LogP contribution in [0.4, 0.5) is 11.4 Å². The molecule has 1 heterocycles. The van der Waals surface area contributed by atoms with E-state index in [1.165, 1.54) is 4.90 Å². The van der Waals surface area contributed by atoms with Crippen LogP contribution in [-0.4, -0.2) is 18.4 Å². The van der Waals surface area contributed by atoms with Crippen molar-refractivity contribution in [2.75, 3.05) is 16.8 Å². The second-order valence-corrected chi connectivity index (χ2v) is 7.36. The van der Waals surface area contributed by atoms with Gasteiger partial charge in [-0.1, -0.05) is 59.6 Å². The molecule has 6 heteroatoms. The summed E-state index contributed by atoms with van der Waals surface area (Å²) in [5, 5.41) is 5.90. The number of carbonyl (C=O) groups excluding carboxylic acids is 2. The minimum absolute atomic E-state index is 0.138. The number of nitrogens with one attached hydrogen (secondary N) is 1. The Labute approximate surface area is 166 Å². The summed E-state index contributed by atoms with van der Waals surface area (Å²) in [6, 6.07) is 18.6. The second kappa shape index (κ2) is 7.22. The Morgan fingerprint density at radius 1 is 1.04 bits per heavy atom. The third-order valence-corrected chi connectivity index (χ3v) is 5.30. The molecule has 1 aliphatic heterocycles. The van der Waals surface area contributed by atoms with Crippen LogP contribution in [0.3, 0.4) is 0 Å². The Hall–Kier alpha value is -2.56. The summed E-state index contributed by atoms with van der Waals surface area (Å²) in [6.07, 6.45) is 0.138. The van der Waals surface area contributed by atoms with Crippen molar-refractivity contribution in [1.29, 1.82) is 0 Å². The van der Waals surface area contributed by atoms with Gasteiger partial charge in [-0.25, -0.2) is 0 Å². The fraction of sp³-hybridized carbons (Fsp3) is 0.143. The van der Waals surface area contributed by atoms with E-state index in [1.54, 1.807) is 18.2 Å². The normalized spacial score (nSPS) is 16.7. The van der Waals surface area contributed by atoms with Gasteiger partial charge in [-0.15, -0.1) is 0 Å². The molecule has 3 aromatic rings. The van der Waals surface area contributed by atoms with Gasteiger partial charge in [0.2, 0.25) is 11.8 Å². The highest BCUT2D eigenvalue weighted by Crippen LogP contribution is 2.34. The number of anilines is 2. The van der Waals surface area contributed by atoms with E-state index in [9.17, 15) is 9.59 Å². The molecular weight excluding hydrogens is 383 g/mol. The standard InChI is InChI=1S/C21H16Cl2N2O2/c22-15-8-9-17(23)19(11-15)25-12-14(10-20(25)26)21(27)24-18-7-3-5-13-4-1-2-6-16(13)18/h1-9,11,14H,10,12H2,(H,24,27)/t14-/m0/s1. The van der Waals surface area contributed by atoms with Gasteiger partial charge in [-0.3, -0.25) is 9.59 Å². The van der Waals surface area contributed by atoms with Crippen LogP contribution in [0, 0.1) is 5.92 Å². The maximum absolute atomic E-state index is 12.8. The minimum atomic E-state index is -0.452. The van der Waals surface area contributed by atoms with E-state index in [-0.39, 0.29) is 24.8 Å². The number of hydrogen-bond acceptors (Lipinski definition) is 2. The van der Waals surface area contributed by atoms with Crippen LogP contribution in [0.2, 0.25) is 10.0 Å². The molecule has 1 fully saturated rings. The summed E-state index contributed by atoms with van der Waals surface area (Å²) in [4.78, 5) is 26.8. The Kier molecular flexibility index (Phi) is 4.77. The molecule has 4 rings (SSSR count). The van der Waals surface area contributed by atoms with Gasteiger partial charge in [0.25, 0.3) is 0 Å². The first kappa shape index (κ1) is 17.8. The van der Waals surface area contributed by atoms with Gasteiger partial charge in [-0.2, -0.15) is 0 Å². The molecule has 0 unspecified atom stereocenters. The fourth-order valence-electron chi connectivity index (χ4n) is 3.38. The van der Waals surface area contributed by atoms with E-state index in [0.717, 1.165) is 16.5 Å². The maximum atomic E-state index is 12.8. The van der Waals surface area contributed by atoms with Crippen LogP contribution >= 0.6 is 23.2 Å². The predicted octanol–water partition coefficient (Wildman–Crippen LogP) is 5.14. The summed E-state index contributed by atoms with van der Waals surface area (Å²) < 4.78 is 0. The summed E-state index contributed by atoms with van der Waals surface area (Å²) in [6.45, 7) is 0.273. The van der Waals surface area contributed by atoms with Gasteiger partial charge in [-0.05, 0) is 29.7 Å². The molecule has 3 aromatic carbocycles. The van der Waals surface area contributed by atoms with Gasteiger partial charge < -0.3 is 10.2 Å². The van der Waals surface area contributed by atoms with Crippen LogP contribution in [0.5, 0.6) is 0 Å². The zero-order chi connectivity index (χ0) is 19.0. The smallest absolute Gasteiger partial charge is 0.229 e. The molecule has 27 heavy (non-hydrogen) atoms. The lowest BCUT2D eigenvalue weighted by atomic mass is 10.1. The van der Waals surface area contributed by atoms with E-state index >= 15 is 0 Å². The van der Waals surface area contributed by atoms with Crippen molar-refractivity contribution in [3.05, 3.63) is 70.7 Å². The molecule has 1 aliphatic rings. The largest absolute Gasteiger partial charge is 0.325 e. The zero-order valence-corrected chi connectivity index (χ0v) is 15.8. The molecule has 1 N–H and O–H groups in total. The molecule has 0 bridgehead atoms. The number of benzene rings is 3. The molecular formula is C21H16Cl2N2O2. The van der Waals surface area contributed by atoms with Gasteiger partial charge >= 0.3 is 0 Å². The number of rotatable bonds is 3. The summed E-state index contributed by atoms with van der Waals surface area (Å²) >= 11 is 12.2. The highest BCUT2D eigenvalue weighted by atomic mass is 35.5. The van der Waals surface area contributed by atoms with Crippen LogP contribution in [-0.2, 0) is 9.59 Å². The number of fused-ring (bicyclic) bond motifs is 1. The van der Waals surface area contributed by atoms with E-state index in [0.29, 0.717) is 15.7 Å². The van der Waals surface area contributed by atoms with E-state index in [1.807, 2.05) is 42.5 Å². The molecule has 0 aliphatic carbocycles. The Morgan fingerprint density at radius 3 is 2.67 bits per heavy atom. The fourth-order valence-corrected chi connectivity index (χ4v) is 3.76. The lowest BCUT2D eigenvalue weighted by Gasteiger charge is -2.18. The maximum Gasteiger partial charge on any atom is 0.229 e. The third-order valence-electron chi connectivity index (χ3n) is 4.74. The Morgan fingerprint density at radius 2 is 1.81 bits per heavy atom. The highest BCUT2D eigenvalue weighted by Gasteiger charge is 2.36. The molecule has 1 atom stereocenters. The van der Waals surface area contributed by atoms with Gasteiger partial charge in [0.15, 0.2) is 0 Å². The van der Waals surface area contributed by atoms with E-state index in [2.05, 4.69) is 5.32 Å². The first-order valence-electron chi connectivity index (χ1n) is 8.57. The average molecular weight is 399 g/mol. The highest BCUT2D eigenvalue weighted by molar-refractivity contribution is 6.36. The van der Waals surface area contributed by atoms with Crippen molar-refractivity contribution in [2.45, 2.75) is 6.42 Å². The van der Waals surface area contributed by atoms with Crippen LogP contribution in [0.25, 0.3) is 10.8 Å². The SMILES string of the molecule is O=C(Nc1cccc2ccccc12)[C@H]1CC(=O)N(c2cc(Cl)ccc2Cl)C1. The average Bonchev–Trinajstić information content (AvgIpc) is 3.06. The molecule has 2 amide bonds. The van der Waals surface area contributed by atoms with Crippen LogP contribution in [0.1, 0.15) is 6.42 Å². The quantitative estimate of drug-likeness (QED) is 0.663. The molecule has 0 saturated carbocycles. The van der Waals surface area contributed by atoms with Crippen molar-refractivity contribution in [3.63, 3.8) is 0 Å². The van der Waals surface area contributed by atoms with Gasteiger partial charge in [0.1, 0.15) is 0 Å². The predicted molar refractivity (Wildman–Crippen MR) is 109 cm³/mol. The van der Waals surface area contributed by atoms with Crippen LogP contribution < -0.4 is 10.2 Å². The molecule has 0 spiro atoms. The monoisotopic (exact) mass is 398 g/mol. The van der Waals surface area contributed by atoms with Crippen molar-refractivity contribution in [1.82, 2.24) is 0 Å². The van der Waals surface area contributed by atoms with Crippen molar-refractivity contribution in [3.8, 4) is 0 Å². The lowest BCUT2D eigenvalue weighted by Crippen LogP contribution is -2.28. The number of amides is 2. The van der Waals surface area contributed by atoms with Crippen LogP contribution in [0.15, 0.2) is 60.7 Å². The second-order valence-electron chi connectivity index (χ2n) is 6.52. The summed E-state index contributed by atoms with van der Waals surface area (Å²) in [5.41, 5.74) is 1.28. The van der Waals surface area contributed by atoms with E-state index in [4.69, 9.17) is 23.2 Å². The van der Waals surface area contributed by atoms with Gasteiger partial charge in [0.05, 0.1) is 16.6 Å². The van der Waals surface area contributed by atoms with Crippen molar-refractivity contribution < 1.29 is 9.59 Å². The molecule has 136 valence electrons. The number of nitrogens with zero attached hydrogens (tertiary/aromatic N) is 1. The molecule has 0 radical (unpaired) electrons. The van der Waals surface area contributed by atoms with Crippen molar-refractivity contribution in [2.24, 2.45) is 5.92 Å². The molecule has 4 nitrogen and oxygen atoms in total. The number of halogens is 2. The topological polar surface area (TPSA) is 49.4 Å². The third kappa shape index (κ3) is 3.51. The first-order chi connectivity index (χ1) is 13.0. The number of carbonyl (C=O) groups is 2. The Bertz CT molecular complexity index is 1050. The van der Waals surface area contributed by atoms with Crippen molar-refractivity contribution >= 4 is 57.2 Å². The zero-order valence-electron chi connectivity index (χ0n) is 14.3. The minimum Gasteiger partial charge on any atom is -0.325 e.